The van der Waals surface area contributed by atoms with Crippen molar-refractivity contribution in [2.45, 2.75) is 26.3 Å². The zero-order valence-corrected chi connectivity index (χ0v) is 21.3. The monoisotopic (exact) mass is 515 g/mol. The molecule has 3 aromatic carbocycles. The van der Waals surface area contributed by atoms with Gasteiger partial charge in [-0.1, -0.05) is 61.5 Å². The van der Waals surface area contributed by atoms with Gasteiger partial charge >= 0.3 is 0 Å². The second-order valence-corrected chi connectivity index (χ2v) is 10.1. The van der Waals surface area contributed by atoms with Gasteiger partial charge in [-0.3, -0.25) is 9.35 Å². The number of hydrogen-bond acceptors (Lipinski definition) is 4. The van der Waals surface area contributed by atoms with Gasteiger partial charge in [0.05, 0.1) is 11.0 Å². The summed E-state index contributed by atoms with van der Waals surface area (Å²) in [7, 11) is 0. The van der Waals surface area contributed by atoms with Gasteiger partial charge in [0.25, 0.3) is 17.2 Å². The summed E-state index contributed by atoms with van der Waals surface area (Å²) >= 11 is -1.25. The average Bonchev–Trinajstić information content (AvgIpc) is 3.50. The molecule has 1 N–H and O–H groups in total. The summed E-state index contributed by atoms with van der Waals surface area (Å²) in [5, 5.41) is 2.26. The topological polar surface area (TPSA) is 75.4 Å². The van der Waals surface area contributed by atoms with Gasteiger partial charge in [-0.05, 0) is 53.3 Å². The molecular weight excluding hydrogens is 490 g/mol. The number of anilines is 1. The van der Waals surface area contributed by atoms with Gasteiger partial charge in [0, 0.05) is 24.1 Å². The maximum atomic E-state index is 13.1. The number of benzene rings is 3. The normalized spacial score (nSPS) is 12.1. The Hall–Kier alpha value is -3.59. The predicted octanol–water partition coefficient (Wildman–Crippen LogP) is 6.55. The third-order valence-electron chi connectivity index (χ3n) is 6.00. The Kier molecular flexibility index (Phi) is 7.09. The molecule has 0 bridgehead atoms. The zero-order valence-electron chi connectivity index (χ0n) is 19.7. The number of imidazole rings is 1. The molecule has 1 amide bonds. The number of rotatable bonds is 8. The minimum Gasteiger partial charge on any atom is -0.323 e. The summed E-state index contributed by atoms with van der Waals surface area (Å²) in [4.78, 5) is 17.9. The number of thiophene rings is 1. The van der Waals surface area contributed by atoms with Crippen LogP contribution in [0.1, 0.15) is 35.1 Å². The largest absolute Gasteiger partial charge is 0.323 e. The number of fused-ring (bicyclic) bond motifs is 1. The van der Waals surface area contributed by atoms with Crippen molar-refractivity contribution >= 4 is 44.5 Å². The van der Waals surface area contributed by atoms with Crippen molar-refractivity contribution in [1.29, 1.82) is 0 Å². The Balaban J connectivity index is 1.45. The molecule has 0 aliphatic rings. The van der Waals surface area contributed by atoms with E-state index in [1.165, 1.54) is 11.3 Å². The molecule has 1 unspecified atom stereocenters. The second-order valence-electron chi connectivity index (χ2n) is 8.39. The number of carbonyl (C=O) groups excluding carboxylic acids is 1. The van der Waals surface area contributed by atoms with E-state index in [4.69, 9.17) is 4.98 Å². The molecule has 0 aliphatic carbocycles. The lowest BCUT2D eigenvalue weighted by Crippen LogP contribution is -2.32. The van der Waals surface area contributed by atoms with Gasteiger partial charge in [0.1, 0.15) is 10.8 Å². The molecule has 0 aliphatic heterocycles. The Morgan fingerprint density at radius 2 is 1.72 bits per heavy atom. The number of carbonyl (C=O) groups is 1. The molecule has 8 heteroatoms. The molecule has 5 rings (SSSR count). The molecule has 36 heavy (non-hydrogen) atoms. The molecule has 2 heterocycles. The van der Waals surface area contributed by atoms with E-state index in [0.717, 1.165) is 50.7 Å². The third kappa shape index (κ3) is 4.75. The van der Waals surface area contributed by atoms with Crippen LogP contribution in [0.4, 0.5) is 5.00 Å². The molecule has 5 aromatic rings. The van der Waals surface area contributed by atoms with E-state index in [-0.39, 0.29) is 0 Å². The fourth-order valence-corrected chi connectivity index (χ4v) is 5.93. The van der Waals surface area contributed by atoms with Crippen molar-refractivity contribution in [1.82, 2.24) is 9.55 Å². The molecule has 0 radical (unpaired) electrons. The number of nitrogens with zero attached hydrogens (tertiary/aromatic N) is 3. The van der Waals surface area contributed by atoms with Crippen molar-refractivity contribution in [3.05, 3.63) is 107 Å². The fourth-order valence-electron chi connectivity index (χ4n) is 4.30. The summed E-state index contributed by atoms with van der Waals surface area (Å²) in [6.07, 6.45) is 1.93. The predicted molar refractivity (Wildman–Crippen MR) is 147 cm³/mol. The van der Waals surface area contributed by atoms with Crippen LogP contribution >= 0.6 is 11.3 Å². The molecular formula is C28H25N3O3S2. The summed E-state index contributed by atoms with van der Waals surface area (Å²) in [5.74, 6) is 0.551. The molecule has 182 valence electrons. The van der Waals surface area contributed by atoms with Crippen LogP contribution in [0.15, 0.2) is 90.3 Å². The molecule has 0 saturated carbocycles. The highest BCUT2D eigenvalue weighted by Gasteiger charge is 2.27. The van der Waals surface area contributed by atoms with E-state index in [0.29, 0.717) is 17.1 Å². The molecule has 0 fully saturated rings. The van der Waals surface area contributed by atoms with E-state index in [2.05, 4.69) is 29.7 Å². The minimum absolute atomic E-state index is 0.352. The first-order chi connectivity index (χ1) is 17.6. The first-order valence-electron chi connectivity index (χ1n) is 11.7. The summed E-state index contributed by atoms with van der Waals surface area (Å²) in [6.45, 7) is 2.86. The lowest BCUT2D eigenvalue weighted by Gasteiger charge is -2.18. The lowest BCUT2D eigenvalue weighted by atomic mass is 10.1. The van der Waals surface area contributed by atoms with Crippen LogP contribution < -0.4 is 4.31 Å². The maximum Gasteiger partial charge on any atom is 0.272 e. The quantitative estimate of drug-likeness (QED) is 0.238. The van der Waals surface area contributed by atoms with Crippen molar-refractivity contribution in [2.75, 3.05) is 4.31 Å². The van der Waals surface area contributed by atoms with Crippen LogP contribution in [0, 0.1) is 0 Å². The first-order valence-corrected chi connectivity index (χ1v) is 13.6. The van der Waals surface area contributed by atoms with Crippen LogP contribution in [-0.2, 0) is 24.2 Å². The number of para-hydroxylation sites is 2. The molecule has 0 saturated heterocycles. The Labute approximate surface area is 216 Å². The van der Waals surface area contributed by atoms with Gasteiger partial charge in [0.2, 0.25) is 0 Å². The Morgan fingerprint density at radius 1 is 1.00 bits per heavy atom. The molecule has 1 atom stereocenters. The highest BCUT2D eigenvalue weighted by molar-refractivity contribution is 7.82. The standard InChI is InChI=1S/C28H25N3O3S2/c1-2-8-26-29-24-11-6-7-12-25(24)30(26)19-20-13-15-21(16-14-20)23-17-18-35-28(23)31(36(33)34)27(32)22-9-4-3-5-10-22/h3-7,9-18H,2,8,19H2,1H3,(H,33,34). The van der Waals surface area contributed by atoms with Crippen molar-refractivity contribution in [3.8, 4) is 11.1 Å². The maximum absolute atomic E-state index is 13.1. The van der Waals surface area contributed by atoms with Gasteiger partial charge in [-0.2, -0.15) is 4.31 Å². The van der Waals surface area contributed by atoms with Gasteiger partial charge in [-0.25, -0.2) is 9.19 Å². The van der Waals surface area contributed by atoms with E-state index in [1.54, 1.807) is 30.3 Å². The highest BCUT2D eigenvalue weighted by Crippen LogP contribution is 2.37. The van der Waals surface area contributed by atoms with E-state index in [1.807, 2.05) is 41.8 Å². The Bertz CT molecular complexity index is 1530. The van der Waals surface area contributed by atoms with Crippen molar-refractivity contribution in [2.24, 2.45) is 0 Å². The average molecular weight is 516 g/mol. The molecule has 2 aromatic heterocycles. The number of aryl methyl sites for hydroxylation is 1. The number of hydrogen-bond donors (Lipinski definition) is 1. The fraction of sp³-hybridized carbons (Fsp3) is 0.143. The van der Waals surface area contributed by atoms with Crippen LogP contribution in [-0.4, -0.2) is 24.2 Å². The van der Waals surface area contributed by atoms with Gasteiger partial charge in [-0.15, -0.1) is 11.3 Å². The number of aromatic nitrogens is 2. The minimum atomic E-state index is -2.51. The van der Waals surface area contributed by atoms with Crippen molar-refractivity contribution in [3.63, 3.8) is 0 Å². The van der Waals surface area contributed by atoms with E-state index in [9.17, 15) is 13.6 Å². The van der Waals surface area contributed by atoms with Crippen LogP contribution in [0.5, 0.6) is 0 Å². The van der Waals surface area contributed by atoms with Crippen LogP contribution in [0.2, 0.25) is 0 Å². The molecule has 0 spiro atoms. The summed E-state index contributed by atoms with van der Waals surface area (Å²) in [5.41, 5.74) is 5.20. The van der Waals surface area contributed by atoms with Gasteiger partial charge < -0.3 is 4.57 Å². The lowest BCUT2D eigenvalue weighted by molar-refractivity contribution is 0.101. The first kappa shape index (κ1) is 24.1. The van der Waals surface area contributed by atoms with Crippen LogP contribution in [0.3, 0.4) is 0 Å². The third-order valence-corrected chi connectivity index (χ3v) is 7.68. The van der Waals surface area contributed by atoms with Gasteiger partial charge in [0.15, 0.2) is 0 Å². The number of amides is 1. The van der Waals surface area contributed by atoms with E-state index < -0.39 is 17.2 Å². The molecule has 6 nitrogen and oxygen atoms in total. The SMILES string of the molecule is CCCc1nc2ccccc2n1Cc1ccc(-c2ccsc2N(C(=O)c2ccccc2)S(=O)O)cc1. The summed E-state index contributed by atoms with van der Waals surface area (Å²) in [6, 6.07) is 26.7. The van der Waals surface area contributed by atoms with E-state index >= 15 is 0 Å². The highest BCUT2D eigenvalue weighted by atomic mass is 32.2. The second kappa shape index (κ2) is 10.6. The van der Waals surface area contributed by atoms with Crippen molar-refractivity contribution < 1.29 is 13.6 Å². The van der Waals surface area contributed by atoms with Crippen LogP contribution in [0.25, 0.3) is 22.2 Å². The smallest absolute Gasteiger partial charge is 0.272 e. The zero-order chi connectivity index (χ0) is 25.1. The summed E-state index contributed by atoms with van der Waals surface area (Å²) < 4.78 is 25.4. The Morgan fingerprint density at radius 3 is 2.44 bits per heavy atom.